The normalized spacial score (nSPS) is 12.8. The van der Waals surface area contributed by atoms with Crippen molar-refractivity contribution in [3.8, 4) is 0 Å². The highest BCUT2D eigenvalue weighted by Gasteiger charge is 2.17. The quantitative estimate of drug-likeness (QED) is 0.658. The van der Waals surface area contributed by atoms with E-state index in [0.717, 1.165) is 11.6 Å². The fraction of sp³-hybridized carbons (Fsp3) is 0.133. The zero-order chi connectivity index (χ0) is 14.1. The Hall–Kier alpha value is -1.94. The second-order valence-corrected chi connectivity index (χ2v) is 4.94. The van der Waals surface area contributed by atoms with Gasteiger partial charge in [-0.2, -0.15) is 0 Å². The number of halogens is 3. The van der Waals surface area contributed by atoms with Crippen molar-refractivity contribution in [3.63, 3.8) is 0 Å². The van der Waals surface area contributed by atoms with Crippen LogP contribution in [0, 0.1) is 11.6 Å². The van der Waals surface area contributed by atoms with E-state index in [9.17, 15) is 8.78 Å². The van der Waals surface area contributed by atoms with E-state index in [1.807, 2.05) is 18.2 Å². The van der Waals surface area contributed by atoms with Gasteiger partial charge in [0.2, 0.25) is 0 Å². The minimum absolute atomic E-state index is 0.232. The van der Waals surface area contributed by atoms with Crippen LogP contribution in [0.3, 0.4) is 0 Å². The summed E-state index contributed by atoms with van der Waals surface area (Å²) in [5, 5.41) is -0.663. The Balaban J connectivity index is 1.86. The first-order valence-corrected chi connectivity index (χ1v) is 6.50. The molecule has 0 fully saturated rings. The lowest BCUT2D eigenvalue weighted by Crippen LogP contribution is -2.00. The summed E-state index contributed by atoms with van der Waals surface area (Å²) >= 11 is 6.16. The zero-order valence-corrected chi connectivity index (χ0v) is 11.1. The first-order chi connectivity index (χ1) is 9.63. The number of oxazole rings is 1. The van der Waals surface area contributed by atoms with E-state index in [2.05, 4.69) is 4.98 Å². The van der Waals surface area contributed by atoms with Crippen LogP contribution in [0.4, 0.5) is 8.78 Å². The number of alkyl halides is 1. The van der Waals surface area contributed by atoms with Gasteiger partial charge in [-0.15, -0.1) is 11.6 Å². The van der Waals surface area contributed by atoms with Gasteiger partial charge in [0.25, 0.3) is 0 Å². The predicted molar refractivity (Wildman–Crippen MR) is 72.7 cm³/mol. The number of nitrogens with zero attached hydrogens (tertiary/aromatic N) is 1. The summed E-state index contributed by atoms with van der Waals surface area (Å²) in [5.41, 5.74) is 1.62. The Bertz CT molecular complexity index is 723. The minimum atomic E-state index is -0.666. The van der Waals surface area contributed by atoms with E-state index in [-0.39, 0.29) is 12.0 Å². The van der Waals surface area contributed by atoms with E-state index in [4.69, 9.17) is 16.0 Å². The van der Waals surface area contributed by atoms with Gasteiger partial charge in [-0.05, 0) is 18.2 Å². The maximum atomic E-state index is 13.6. The van der Waals surface area contributed by atoms with Gasteiger partial charge in [0.15, 0.2) is 11.5 Å². The van der Waals surface area contributed by atoms with Crippen molar-refractivity contribution in [1.29, 1.82) is 0 Å². The SMILES string of the molecule is Fc1ccc(C(Cl)Cc2nc3ccccc3o2)c(F)c1. The van der Waals surface area contributed by atoms with Crippen molar-refractivity contribution in [2.24, 2.45) is 0 Å². The van der Waals surface area contributed by atoms with E-state index >= 15 is 0 Å². The van der Waals surface area contributed by atoms with Crippen LogP contribution in [0.15, 0.2) is 46.9 Å². The molecule has 0 aliphatic heterocycles. The van der Waals surface area contributed by atoms with Crippen LogP contribution in [-0.4, -0.2) is 4.98 Å². The highest BCUT2D eigenvalue weighted by Crippen LogP contribution is 2.28. The fourth-order valence-electron chi connectivity index (χ4n) is 2.03. The zero-order valence-electron chi connectivity index (χ0n) is 10.3. The van der Waals surface area contributed by atoms with Crippen molar-refractivity contribution >= 4 is 22.7 Å². The van der Waals surface area contributed by atoms with Crippen LogP contribution >= 0.6 is 11.6 Å². The molecule has 102 valence electrons. The molecule has 3 rings (SSSR count). The Labute approximate surface area is 119 Å². The lowest BCUT2D eigenvalue weighted by Gasteiger charge is -2.08. The van der Waals surface area contributed by atoms with Gasteiger partial charge in [0, 0.05) is 18.1 Å². The number of benzene rings is 2. The molecule has 1 heterocycles. The number of hydrogen-bond donors (Lipinski definition) is 0. The molecule has 0 saturated carbocycles. The third-order valence-corrected chi connectivity index (χ3v) is 3.38. The van der Waals surface area contributed by atoms with Gasteiger partial charge in [0.05, 0.1) is 5.38 Å². The maximum Gasteiger partial charge on any atom is 0.197 e. The number of para-hydroxylation sites is 2. The smallest absolute Gasteiger partial charge is 0.197 e. The van der Waals surface area contributed by atoms with Gasteiger partial charge < -0.3 is 4.42 Å². The molecule has 5 heteroatoms. The fourth-order valence-corrected chi connectivity index (χ4v) is 2.34. The molecule has 0 amide bonds. The highest BCUT2D eigenvalue weighted by atomic mass is 35.5. The monoisotopic (exact) mass is 293 g/mol. The molecule has 0 radical (unpaired) electrons. The molecular formula is C15H10ClF2NO. The van der Waals surface area contributed by atoms with Gasteiger partial charge >= 0.3 is 0 Å². The van der Waals surface area contributed by atoms with Crippen molar-refractivity contribution in [3.05, 3.63) is 65.6 Å². The first-order valence-electron chi connectivity index (χ1n) is 6.07. The molecule has 2 nitrogen and oxygen atoms in total. The third-order valence-electron chi connectivity index (χ3n) is 2.99. The Morgan fingerprint density at radius 1 is 1.15 bits per heavy atom. The van der Waals surface area contributed by atoms with Crippen LogP contribution in [0.1, 0.15) is 16.8 Å². The lowest BCUT2D eigenvalue weighted by atomic mass is 10.1. The topological polar surface area (TPSA) is 26.0 Å². The summed E-state index contributed by atoms with van der Waals surface area (Å²) in [4.78, 5) is 4.28. The number of aromatic nitrogens is 1. The maximum absolute atomic E-state index is 13.6. The molecular weight excluding hydrogens is 284 g/mol. The summed E-state index contributed by atoms with van der Waals surface area (Å²) < 4.78 is 32.0. The molecule has 1 aromatic heterocycles. The molecule has 20 heavy (non-hydrogen) atoms. The van der Waals surface area contributed by atoms with E-state index in [1.54, 1.807) is 6.07 Å². The minimum Gasteiger partial charge on any atom is -0.441 e. The van der Waals surface area contributed by atoms with E-state index in [0.29, 0.717) is 11.5 Å². The average molecular weight is 294 g/mol. The molecule has 0 saturated heterocycles. The summed E-state index contributed by atoms with van der Waals surface area (Å²) in [6.07, 6.45) is 0.235. The summed E-state index contributed by atoms with van der Waals surface area (Å²) in [6, 6.07) is 10.7. The number of rotatable bonds is 3. The largest absolute Gasteiger partial charge is 0.441 e. The molecule has 0 aliphatic carbocycles. The second kappa shape index (κ2) is 5.21. The molecule has 2 aromatic carbocycles. The molecule has 0 N–H and O–H groups in total. The summed E-state index contributed by atoms with van der Waals surface area (Å²) in [7, 11) is 0. The predicted octanol–water partition coefficient (Wildman–Crippen LogP) is 4.63. The van der Waals surface area contributed by atoms with Crippen LogP contribution < -0.4 is 0 Å². The van der Waals surface area contributed by atoms with Crippen molar-refractivity contribution in [1.82, 2.24) is 4.98 Å². The molecule has 1 atom stereocenters. The molecule has 3 aromatic rings. The van der Waals surface area contributed by atoms with Crippen molar-refractivity contribution in [2.75, 3.05) is 0 Å². The van der Waals surface area contributed by atoms with Gasteiger partial charge in [-0.1, -0.05) is 18.2 Å². The van der Waals surface area contributed by atoms with E-state index < -0.39 is 17.0 Å². The Morgan fingerprint density at radius 2 is 1.95 bits per heavy atom. The summed E-state index contributed by atoms with van der Waals surface area (Å²) in [5.74, 6) is -0.868. The Morgan fingerprint density at radius 3 is 2.70 bits per heavy atom. The third kappa shape index (κ3) is 2.51. The molecule has 0 bridgehead atoms. The van der Waals surface area contributed by atoms with Crippen LogP contribution in [0.25, 0.3) is 11.1 Å². The van der Waals surface area contributed by atoms with E-state index in [1.165, 1.54) is 12.1 Å². The van der Waals surface area contributed by atoms with Crippen molar-refractivity contribution in [2.45, 2.75) is 11.8 Å². The molecule has 0 aliphatic rings. The van der Waals surface area contributed by atoms with Crippen molar-refractivity contribution < 1.29 is 13.2 Å². The molecule has 1 unspecified atom stereocenters. The first kappa shape index (κ1) is 13.1. The standard InChI is InChI=1S/C15H10ClF2NO/c16-11(10-6-5-9(17)7-12(10)18)8-15-19-13-3-1-2-4-14(13)20-15/h1-7,11H,8H2. The highest BCUT2D eigenvalue weighted by molar-refractivity contribution is 6.20. The van der Waals surface area contributed by atoms with Gasteiger partial charge in [-0.25, -0.2) is 13.8 Å². The molecule has 0 spiro atoms. The second-order valence-electron chi connectivity index (χ2n) is 4.41. The lowest BCUT2D eigenvalue weighted by molar-refractivity contribution is 0.517. The van der Waals surface area contributed by atoms with Gasteiger partial charge in [0.1, 0.15) is 17.2 Å². The van der Waals surface area contributed by atoms with Crippen LogP contribution in [0.5, 0.6) is 0 Å². The van der Waals surface area contributed by atoms with Crippen LogP contribution in [0.2, 0.25) is 0 Å². The number of hydrogen-bond acceptors (Lipinski definition) is 2. The Kier molecular flexibility index (Phi) is 3.40. The van der Waals surface area contributed by atoms with Crippen LogP contribution in [-0.2, 0) is 6.42 Å². The number of fused-ring (bicyclic) bond motifs is 1. The summed E-state index contributed by atoms with van der Waals surface area (Å²) in [6.45, 7) is 0. The van der Waals surface area contributed by atoms with Gasteiger partial charge in [-0.3, -0.25) is 0 Å². The average Bonchev–Trinajstić information content (AvgIpc) is 2.80.